The molecular weight excluding hydrogens is 348 g/mol. The van der Waals surface area contributed by atoms with Crippen LogP contribution in [0.25, 0.3) is 0 Å². The third-order valence-electron chi connectivity index (χ3n) is 7.85. The summed E-state index contributed by atoms with van der Waals surface area (Å²) in [4.78, 5) is 18.3. The molecule has 0 radical (unpaired) electrons. The Bertz CT molecular complexity index is 762. The molecule has 152 valence electrons. The molecule has 4 atom stereocenters. The molecule has 1 aromatic heterocycles. The van der Waals surface area contributed by atoms with Crippen LogP contribution in [-0.2, 0) is 11.2 Å². The predicted molar refractivity (Wildman–Crippen MR) is 110 cm³/mol. The fourth-order valence-electron chi connectivity index (χ4n) is 6.57. The number of carbonyl (C=O) groups excluding carboxylic acids is 1. The van der Waals surface area contributed by atoms with Gasteiger partial charge in [-0.1, -0.05) is 18.1 Å². The Balaban J connectivity index is 1.33. The fraction of sp³-hybridized carbons (Fsp3) is 0.739. The van der Waals surface area contributed by atoms with E-state index in [0.29, 0.717) is 24.3 Å². The lowest BCUT2D eigenvalue weighted by Gasteiger charge is -2.54. The van der Waals surface area contributed by atoms with Gasteiger partial charge in [-0.2, -0.15) is 5.10 Å². The molecule has 5 rings (SSSR count). The lowest BCUT2D eigenvalue weighted by molar-refractivity contribution is -0.136. The maximum atomic E-state index is 13.3. The molecule has 1 N–H and O–H groups in total. The Morgan fingerprint density at radius 1 is 1.25 bits per heavy atom. The van der Waals surface area contributed by atoms with Gasteiger partial charge in [0.05, 0.1) is 11.7 Å². The molecule has 1 amide bonds. The van der Waals surface area contributed by atoms with Crippen LogP contribution < -0.4 is 0 Å². The molecule has 1 aromatic rings. The van der Waals surface area contributed by atoms with Crippen molar-refractivity contribution in [2.24, 2.45) is 11.8 Å². The van der Waals surface area contributed by atoms with Crippen LogP contribution >= 0.6 is 0 Å². The first kappa shape index (κ1) is 18.4. The minimum absolute atomic E-state index is 0.342. The Kier molecular flexibility index (Phi) is 4.82. The van der Waals surface area contributed by atoms with Crippen LogP contribution in [0.2, 0.25) is 0 Å². The lowest BCUT2D eigenvalue weighted by Crippen LogP contribution is -2.60. The monoisotopic (exact) mass is 382 g/mol. The molecule has 0 spiro atoms. The molecule has 0 unspecified atom stereocenters. The van der Waals surface area contributed by atoms with Crippen LogP contribution in [-0.4, -0.2) is 57.6 Å². The molecule has 28 heavy (non-hydrogen) atoms. The smallest absolute Gasteiger partial charge is 0.223 e. The van der Waals surface area contributed by atoms with Gasteiger partial charge >= 0.3 is 0 Å². The number of aromatic nitrogens is 2. The zero-order valence-corrected chi connectivity index (χ0v) is 17.4. The molecule has 4 heterocycles. The highest BCUT2D eigenvalue weighted by Gasteiger charge is 2.46. The number of likely N-dealkylation sites (tertiary alicyclic amines) is 1. The van der Waals surface area contributed by atoms with Gasteiger partial charge in [0.2, 0.25) is 5.91 Å². The maximum Gasteiger partial charge on any atom is 0.223 e. The van der Waals surface area contributed by atoms with E-state index in [1.165, 1.54) is 50.8 Å². The lowest BCUT2D eigenvalue weighted by atomic mass is 9.68. The molecule has 2 bridgehead atoms. The van der Waals surface area contributed by atoms with Crippen molar-refractivity contribution in [3.8, 4) is 0 Å². The zero-order valence-electron chi connectivity index (χ0n) is 17.4. The van der Waals surface area contributed by atoms with Crippen molar-refractivity contribution < 1.29 is 4.79 Å². The average Bonchev–Trinajstić information content (AvgIpc) is 3.03. The number of amides is 1. The summed E-state index contributed by atoms with van der Waals surface area (Å²) in [6.07, 6.45) is 11.8. The van der Waals surface area contributed by atoms with Gasteiger partial charge in [-0.15, -0.1) is 0 Å². The Morgan fingerprint density at radius 3 is 2.96 bits per heavy atom. The van der Waals surface area contributed by atoms with Gasteiger partial charge in [0, 0.05) is 31.2 Å². The second kappa shape index (κ2) is 7.33. The summed E-state index contributed by atoms with van der Waals surface area (Å²) in [7, 11) is 0. The van der Waals surface area contributed by atoms with Crippen molar-refractivity contribution >= 4 is 5.91 Å². The third kappa shape index (κ3) is 3.12. The molecule has 0 saturated carbocycles. The number of aryl methyl sites for hydroxylation is 2. The van der Waals surface area contributed by atoms with Gasteiger partial charge in [0.25, 0.3) is 0 Å². The number of rotatable bonds is 3. The molecular formula is C23H34N4O. The highest BCUT2D eigenvalue weighted by atomic mass is 16.2. The highest BCUT2D eigenvalue weighted by Crippen LogP contribution is 2.45. The normalized spacial score (nSPS) is 32.5. The molecule has 3 aliphatic heterocycles. The first-order valence-electron chi connectivity index (χ1n) is 11.4. The minimum atomic E-state index is 0.342. The van der Waals surface area contributed by atoms with Crippen LogP contribution in [0.15, 0.2) is 11.6 Å². The number of hydrogen-bond acceptors (Lipinski definition) is 3. The summed E-state index contributed by atoms with van der Waals surface area (Å²) in [5.74, 6) is 1.72. The number of hydrogen-bond donors (Lipinski definition) is 1. The first-order valence-corrected chi connectivity index (χ1v) is 11.4. The van der Waals surface area contributed by atoms with Gasteiger partial charge in [-0.3, -0.25) is 14.8 Å². The van der Waals surface area contributed by atoms with E-state index in [9.17, 15) is 4.79 Å². The number of piperidine rings is 3. The van der Waals surface area contributed by atoms with Gasteiger partial charge in [0.1, 0.15) is 0 Å². The second-order valence-electron chi connectivity index (χ2n) is 9.51. The zero-order chi connectivity index (χ0) is 19.3. The first-order chi connectivity index (χ1) is 13.6. The van der Waals surface area contributed by atoms with Crippen molar-refractivity contribution in [3.63, 3.8) is 0 Å². The van der Waals surface area contributed by atoms with Gasteiger partial charge < -0.3 is 4.90 Å². The quantitative estimate of drug-likeness (QED) is 0.816. The molecule has 1 aliphatic carbocycles. The summed E-state index contributed by atoms with van der Waals surface area (Å²) in [6.45, 7) is 7.49. The van der Waals surface area contributed by atoms with E-state index in [4.69, 9.17) is 0 Å². The largest absolute Gasteiger partial charge is 0.336 e. The van der Waals surface area contributed by atoms with Crippen molar-refractivity contribution in [3.05, 3.63) is 28.6 Å². The van der Waals surface area contributed by atoms with Crippen molar-refractivity contribution in [2.75, 3.05) is 19.6 Å². The van der Waals surface area contributed by atoms with E-state index < -0.39 is 0 Å². The number of fused-ring (bicyclic) bond motifs is 6. The Morgan fingerprint density at radius 2 is 2.14 bits per heavy atom. The van der Waals surface area contributed by atoms with E-state index in [1.54, 1.807) is 5.57 Å². The standard InChI is InChI=1S/C23H34N4O/c1-15-20(16(2)25-24-15)8-9-22(28)27-11-5-6-17-12-18-13-19(23(17)27)14-26-10-4-3-7-21(18)26/h12,18-19,21,23H,3-11,13-14H2,1-2H3,(H,24,25)/t18-,19-,21-,23-/m0/s1. The number of H-pyrrole nitrogens is 1. The van der Waals surface area contributed by atoms with Gasteiger partial charge in [-0.25, -0.2) is 0 Å². The topological polar surface area (TPSA) is 52.2 Å². The van der Waals surface area contributed by atoms with Crippen LogP contribution in [0.1, 0.15) is 61.9 Å². The summed E-state index contributed by atoms with van der Waals surface area (Å²) in [5, 5.41) is 7.34. The van der Waals surface area contributed by atoms with Crippen molar-refractivity contribution in [1.82, 2.24) is 20.0 Å². The number of aromatic amines is 1. The summed E-state index contributed by atoms with van der Waals surface area (Å²) >= 11 is 0. The molecule has 0 aromatic carbocycles. The predicted octanol–water partition coefficient (Wildman–Crippen LogP) is 3.38. The van der Waals surface area contributed by atoms with Gasteiger partial charge in [0.15, 0.2) is 0 Å². The van der Waals surface area contributed by atoms with Gasteiger partial charge in [-0.05, 0) is 76.3 Å². The van der Waals surface area contributed by atoms with Crippen LogP contribution in [0, 0.1) is 25.7 Å². The number of nitrogens with zero attached hydrogens (tertiary/aromatic N) is 3. The van der Waals surface area contributed by atoms with Crippen LogP contribution in [0.3, 0.4) is 0 Å². The molecule has 3 fully saturated rings. The average molecular weight is 383 g/mol. The highest BCUT2D eigenvalue weighted by molar-refractivity contribution is 5.77. The number of carbonyl (C=O) groups is 1. The Hall–Kier alpha value is -1.62. The summed E-state index contributed by atoms with van der Waals surface area (Å²) in [6, 6.07) is 1.14. The molecule has 5 nitrogen and oxygen atoms in total. The fourth-order valence-corrected chi connectivity index (χ4v) is 6.57. The minimum Gasteiger partial charge on any atom is -0.336 e. The van der Waals surface area contributed by atoms with E-state index in [2.05, 4.69) is 33.0 Å². The summed E-state index contributed by atoms with van der Waals surface area (Å²) in [5.41, 5.74) is 4.95. The number of nitrogens with one attached hydrogen (secondary N) is 1. The molecule has 4 aliphatic rings. The van der Waals surface area contributed by atoms with E-state index in [0.717, 1.165) is 42.7 Å². The van der Waals surface area contributed by atoms with E-state index >= 15 is 0 Å². The molecule has 5 heteroatoms. The maximum absolute atomic E-state index is 13.3. The van der Waals surface area contributed by atoms with Crippen LogP contribution in [0.5, 0.6) is 0 Å². The third-order valence-corrected chi connectivity index (χ3v) is 7.85. The second-order valence-corrected chi connectivity index (χ2v) is 9.51. The van der Waals surface area contributed by atoms with Crippen molar-refractivity contribution in [1.29, 1.82) is 0 Å². The Labute approximate surface area is 168 Å². The van der Waals surface area contributed by atoms with Crippen molar-refractivity contribution in [2.45, 2.75) is 77.3 Å². The van der Waals surface area contributed by atoms with E-state index in [-0.39, 0.29) is 0 Å². The molecule has 3 saturated heterocycles. The summed E-state index contributed by atoms with van der Waals surface area (Å²) < 4.78 is 0. The van der Waals surface area contributed by atoms with E-state index in [1.807, 2.05) is 6.92 Å². The SMILES string of the molecule is Cc1n[nH]c(C)c1CCC(=O)N1CCCC2=C[C@H]3C[C@@H](CN4CCCC[C@@H]34)[C@H]21. The van der Waals surface area contributed by atoms with Crippen LogP contribution in [0.4, 0.5) is 0 Å².